The summed E-state index contributed by atoms with van der Waals surface area (Å²) in [5, 5.41) is 8.69. The van der Waals surface area contributed by atoms with E-state index < -0.39 is 23.0 Å². The van der Waals surface area contributed by atoms with Crippen molar-refractivity contribution in [1.29, 1.82) is 0 Å². The summed E-state index contributed by atoms with van der Waals surface area (Å²) in [5.74, 6) is -0.272. The zero-order chi connectivity index (χ0) is 29.1. The number of halogens is 3. The van der Waals surface area contributed by atoms with E-state index >= 15 is 0 Å². The number of nitrogens with one attached hydrogen (secondary N) is 4. The molecule has 1 heterocycles. The smallest absolute Gasteiger partial charge is 0.421 e. The zero-order valence-electron chi connectivity index (χ0n) is 22.9. The molecular formula is C27H38F3N6O3S-. The quantitative estimate of drug-likeness (QED) is 0.277. The predicted molar refractivity (Wildman–Crippen MR) is 148 cm³/mol. The third kappa shape index (κ3) is 10.7. The van der Waals surface area contributed by atoms with Crippen LogP contribution in [0.15, 0.2) is 30.5 Å². The number of hydrogen-bond acceptors (Lipinski definition) is 7. The van der Waals surface area contributed by atoms with Crippen LogP contribution in [0.2, 0.25) is 0 Å². The normalized spacial score (nSPS) is 20.6. The Balaban J connectivity index is 1.69. The van der Waals surface area contributed by atoms with Crippen molar-refractivity contribution in [1.82, 2.24) is 20.0 Å². The number of nitrogens with zero attached hydrogens (tertiary/aromatic N) is 2. The number of carbonyl (C=O) groups is 1. The molecule has 1 aromatic carbocycles. The van der Waals surface area contributed by atoms with Crippen molar-refractivity contribution >= 4 is 34.6 Å². The van der Waals surface area contributed by atoms with Gasteiger partial charge in [0.25, 0.3) is 0 Å². The minimum atomic E-state index is -4.62. The van der Waals surface area contributed by atoms with E-state index in [9.17, 15) is 26.7 Å². The van der Waals surface area contributed by atoms with Gasteiger partial charge in [0.05, 0.1) is 6.04 Å². The highest BCUT2D eigenvalue weighted by Gasteiger charge is 2.35. The van der Waals surface area contributed by atoms with E-state index in [0.717, 1.165) is 63.1 Å². The first-order chi connectivity index (χ1) is 19.0. The molecule has 4 N–H and O–H groups in total. The average Bonchev–Trinajstić information content (AvgIpc) is 2.92. The topological polar surface area (TPSA) is 131 Å². The first kappa shape index (κ1) is 31.8. The Bertz CT molecular complexity index is 1120. The maximum absolute atomic E-state index is 13.8. The first-order valence-electron chi connectivity index (χ1n) is 13.7. The highest BCUT2D eigenvalue weighted by atomic mass is 32.2. The van der Waals surface area contributed by atoms with Crippen molar-refractivity contribution in [3.05, 3.63) is 41.6 Å². The van der Waals surface area contributed by atoms with Gasteiger partial charge in [-0.05, 0) is 56.2 Å². The summed E-state index contributed by atoms with van der Waals surface area (Å²) >= 11 is -2.32. The number of amides is 1. The standard InChI is InChI=1S/C27H39F3N6O3S/c1-18(33-19(2)37)21-12-14-22(15-13-21)34-26-32-17-24(27(28,29)30)25(35-26)31-16-20-8-5-3-4-6-10-23(11-7-9-20)36-40(38)39/h12-15,17-18,20,23,36H,3-11,16H2,1-2H3,(H,33,37)(H,38,39)(H2,31,32,34,35)/p-1/t18-,20?,23?/m1/s1. The van der Waals surface area contributed by atoms with Crippen molar-refractivity contribution < 1.29 is 26.7 Å². The summed E-state index contributed by atoms with van der Waals surface area (Å²) in [6, 6.07) is 6.81. The molecule has 0 bridgehead atoms. The largest absolute Gasteiger partial charge is 0.760 e. The molecule has 3 rings (SSSR count). The molecule has 1 aliphatic rings. The minimum absolute atomic E-state index is 0.0279. The van der Waals surface area contributed by atoms with Gasteiger partial charge in [-0.1, -0.05) is 44.2 Å². The lowest BCUT2D eigenvalue weighted by atomic mass is 9.95. The number of benzene rings is 1. The Morgan fingerprint density at radius 1 is 1.07 bits per heavy atom. The number of aromatic nitrogens is 2. The molecule has 0 spiro atoms. The van der Waals surface area contributed by atoms with Crippen LogP contribution in [0.3, 0.4) is 0 Å². The highest BCUT2D eigenvalue weighted by Crippen LogP contribution is 2.34. The molecule has 1 amide bonds. The van der Waals surface area contributed by atoms with Crippen LogP contribution in [-0.4, -0.2) is 37.2 Å². The molecule has 222 valence electrons. The number of hydrogen-bond donors (Lipinski definition) is 4. The van der Waals surface area contributed by atoms with Crippen molar-refractivity contribution in [2.45, 2.75) is 89.9 Å². The summed E-state index contributed by atoms with van der Waals surface area (Å²) < 4.78 is 66.1. The lowest BCUT2D eigenvalue weighted by Crippen LogP contribution is -2.30. The minimum Gasteiger partial charge on any atom is -0.760 e. The summed E-state index contributed by atoms with van der Waals surface area (Å²) in [4.78, 5) is 19.3. The van der Waals surface area contributed by atoms with Crippen LogP contribution in [0.25, 0.3) is 0 Å². The van der Waals surface area contributed by atoms with Gasteiger partial charge in [0, 0.05) is 42.7 Å². The van der Waals surface area contributed by atoms with Gasteiger partial charge in [0.1, 0.15) is 11.4 Å². The molecule has 13 heteroatoms. The maximum atomic E-state index is 13.8. The molecule has 0 radical (unpaired) electrons. The van der Waals surface area contributed by atoms with Crippen LogP contribution in [0.4, 0.5) is 30.6 Å². The van der Waals surface area contributed by atoms with Crippen LogP contribution in [-0.2, 0) is 22.2 Å². The Morgan fingerprint density at radius 2 is 1.73 bits per heavy atom. The van der Waals surface area contributed by atoms with Crippen molar-refractivity contribution in [3.63, 3.8) is 0 Å². The van der Waals surface area contributed by atoms with E-state index in [-0.39, 0.29) is 35.7 Å². The first-order valence-corrected chi connectivity index (χ1v) is 14.8. The van der Waals surface area contributed by atoms with Crippen LogP contribution < -0.4 is 20.7 Å². The van der Waals surface area contributed by atoms with Crippen LogP contribution in [0.5, 0.6) is 0 Å². The van der Waals surface area contributed by atoms with Crippen LogP contribution in [0, 0.1) is 5.92 Å². The maximum Gasteiger partial charge on any atom is 0.421 e. The molecule has 4 atom stereocenters. The van der Waals surface area contributed by atoms with Crippen LogP contribution in [0.1, 0.15) is 88.8 Å². The number of anilines is 3. The fourth-order valence-electron chi connectivity index (χ4n) is 4.97. The lowest BCUT2D eigenvalue weighted by molar-refractivity contribution is -0.137. The number of rotatable bonds is 9. The van der Waals surface area contributed by atoms with Crippen molar-refractivity contribution in [3.8, 4) is 0 Å². The monoisotopic (exact) mass is 583 g/mol. The SMILES string of the molecule is CC(=O)N[C@H](C)c1ccc(Nc2ncc(C(F)(F)F)c(NCC3CCCCCCC(NS(=O)[O-])CCC3)n2)cc1. The fourth-order valence-corrected chi connectivity index (χ4v) is 5.48. The molecule has 2 aromatic rings. The van der Waals surface area contributed by atoms with E-state index in [2.05, 4.69) is 30.6 Å². The van der Waals surface area contributed by atoms with E-state index in [4.69, 9.17) is 0 Å². The lowest BCUT2D eigenvalue weighted by Gasteiger charge is -2.22. The van der Waals surface area contributed by atoms with E-state index in [1.54, 1.807) is 12.1 Å². The second-order valence-electron chi connectivity index (χ2n) is 10.3. The molecule has 1 fully saturated rings. The van der Waals surface area contributed by atoms with Gasteiger partial charge in [-0.25, -0.2) is 9.71 Å². The Kier molecular flexibility index (Phi) is 12.1. The predicted octanol–water partition coefficient (Wildman–Crippen LogP) is 5.74. The highest BCUT2D eigenvalue weighted by molar-refractivity contribution is 7.77. The van der Waals surface area contributed by atoms with Crippen molar-refractivity contribution in [2.24, 2.45) is 5.92 Å². The Labute approximate surface area is 235 Å². The van der Waals surface area contributed by atoms with Gasteiger partial charge < -0.3 is 20.5 Å². The second kappa shape index (κ2) is 15.3. The van der Waals surface area contributed by atoms with Crippen molar-refractivity contribution in [2.75, 3.05) is 17.2 Å². The van der Waals surface area contributed by atoms with Gasteiger partial charge in [0.2, 0.25) is 11.9 Å². The molecule has 1 aromatic heterocycles. The number of carbonyl (C=O) groups excluding carboxylic acids is 1. The Hall–Kier alpha value is -2.77. The van der Waals surface area contributed by atoms with E-state index in [0.29, 0.717) is 18.7 Å². The molecule has 0 aliphatic heterocycles. The zero-order valence-corrected chi connectivity index (χ0v) is 23.7. The van der Waals surface area contributed by atoms with E-state index in [1.165, 1.54) is 6.92 Å². The summed E-state index contributed by atoms with van der Waals surface area (Å²) in [6.07, 6.45) is 3.99. The van der Waals surface area contributed by atoms with Gasteiger partial charge >= 0.3 is 6.18 Å². The molecular weight excluding hydrogens is 545 g/mol. The van der Waals surface area contributed by atoms with Crippen LogP contribution >= 0.6 is 0 Å². The molecule has 40 heavy (non-hydrogen) atoms. The van der Waals surface area contributed by atoms with Gasteiger partial charge in [0.15, 0.2) is 0 Å². The second-order valence-corrected chi connectivity index (χ2v) is 11.0. The third-order valence-corrected chi connectivity index (χ3v) is 7.61. The molecule has 0 saturated heterocycles. The van der Waals surface area contributed by atoms with Gasteiger partial charge in [-0.15, -0.1) is 0 Å². The van der Waals surface area contributed by atoms with Gasteiger partial charge in [-0.2, -0.15) is 18.2 Å². The van der Waals surface area contributed by atoms with Gasteiger partial charge in [-0.3, -0.25) is 9.00 Å². The van der Waals surface area contributed by atoms with E-state index in [1.807, 2.05) is 19.1 Å². The fraction of sp³-hybridized carbons (Fsp3) is 0.593. The Morgan fingerprint density at radius 3 is 2.38 bits per heavy atom. The molecule has 9 nitrogen and oxygen atoms in total. The summed E-state index contributed by atoms with van der Waals surface area (Å²) in [6.45, 7) is 3.61. The molecule has 1 saturated carbocycles. The average molecular weight is 584 g/mol. The summed E-state index contributed by atoms with van der Waals surface area (Å²) in [5.41, 5.74) is 0.535. The molecule has 1 aliphatic carbocycles. The third-order valence-electron chi connectivity index (χ3n) is 7.08. The number of alkyl halides is 3. The summed E-state index contributed by atoms with van der Waals surface area (Å²) in [7, 11) is 0. The molecule has 3 unspecified atom stereocenters.